The van der Waals surface area contributed by atoms with Gasteiger partial charge in [0.15, 0.2) is 0 Å². The lowest BCUT2D eigenvalue weighted by Gasteiger charge is -2.20. The largest absolute Gasteiger partial charge is 0.387 e. The number of rotatable bonds is 5. The van der Waals surface area contributed by atoms with Crippen LogP contribution in [0, 0.1) is 18.3 Å². The van der Waals surface area contributed by atoms with E-state index < -0.39 is 6.10 Å². The highest BCUT2D eigenvalue weighted by atomic mass is 32.1. The second-order valence-electron chi connectivity index (χ2n) is 4.96. The Bertz CT molecular complexity index is 598. The summed E-state index contributed by atoms with van der Waals surface area (Å²) in [6.45, 7) is 3.51. The Morgan fingerprint density at radius 1 is 1.25 bits per heavy atom. The maximum atomic E-state index is 10.2. The smallest absolute Gasteiger partial charge is 0.0991 e. The summed E-state index contributed by atoms with van der Waals surface area (Å²) in [6.07, 6.45) is -0.534. The molecule has 0 aliphatic carbocycles. The zero-order chi connectivity index (χ0) is 14.5. The standard InChI is InChI=1S/C16H18N2OS/c1-12-3-8-15(20-12)10-18(2)11-16(19)14-6-4-13(9-17)5-7-14/h3-8,16,19H,10-11H2,1-2H3. The van der Waals surface area contributed by atoms with Crippen molar-refractivity contribution in [2.75, 3.05) is 13.6 Å². The molecule has 0 saturated carbocycles. The van der Waals surface area contributed by atoms with Crippen molar-refractivity contribution in [3.05, 3.63) is 57.3 Å². The molecular formula is C16H18N2OS. The molecule has 0 aliphatic heterocycles. The van der Waals surface area contributed by atoms with Gasteiger partial charge < -0.3 is 5.11 Å². The average Bonchev–Trinajstić information content (AvgIpc) is 2.84. The number of aliphatic hydroxyl groups excluding tert-OH is 1. The van der Waals surface area contributed by atoms with E-state index in [4.69, 9.17) is 5.26 Å². The summed E-state index contributed by atoms with van der Waals surface area (Å²) in [5.74, 6) is 0. The van der Waals surface area contributed by atoms with Crippen molar-refractivity contribution < 1.29 is 5.11 Å². The lowest BCUT2D eigenvalue weighted by atomic mass is 10.1. The van der Waals surface area contributed by atoms with Crippen LogP contribution >= 0.6 is 11.3 Å². The van der Waals surface area contributed by atoms with Crippen molar-refractivity contribution in [3.8, 4) is 6.07 Å². The summed E-state index contributed by atoms with van der Waals surface area (Å²) in [6, 6.07) is 13.4. The fourth-order valence-electron chi connectivity index (χ4n) is 2.08. The maximum Gasteiger partial charge on any atom is 0.0991 e. The van der Waals surface area contributed by atoms with Crippen LogP contribution in [0.15, 0.2) is 36.4 Å². The third-order valence-electron chi connectivity index (χ3n) is 3.13. The van der Waals surface area contributed by atoms with Crippen molar-refractivity contribution in [1.29, 1.82) is 5.26 Å². The third kappa shape index (κ3) is 3.91. The molecule has 104 valence electrons. The van der Waals surface area contributed by atoms with Gasteiger partial charge in [-0.2, -0.15) is 5.26 Å². The highest BCUT2D eigenvalue weighted by Crippen LogP contribution is 2.19. The van der Waals surface area contributed by atoms with Crippen LogP contribution in [0.5, 0.6) is 0 Å². The zero-order valence-corrected chi connectivity index (χ0v) is 12.5. The van der Waals surface area contributed by atoms with Gasteiger partial charge >= 0.3 is 0 Å². The highest BCUT2D eigenvalue weighted by Gasteiger charge is 2.11. The number of aliphatic hydroxyl groups is 1. The topological polar surface area (TPSA) is 47.3 Å². The summed E-state index contributed by atoms with van der Waals surface area (Å²) in [5.41, 5.74) is 1.46. The van der Waals surface area contributed by atoms with Crippen LogP contribution in [0.25, 0.3) is 0 Å². The molecule has 0 radical (unpaired) electrons. The van der Waals surface area contributed by atoms with Crippen molar-refractivity contribution in [2.45, 2.75) is 19.6 Å². The van der Waals surface area contributed by atoms with Gasteiger partial charge in [-0.1, -0.05) is 12.1 Å². The molecule has 1 N–H and O–H groups in total. The molecule has 1 heterocycles. The van der Waals surface area contributed by atoms with Crippen LogP contribution in [0.3, 0.4) is 0 Å². The third-order valence-corrected chi connectivity index (χ3v) is 4.12. The minimum Gasteiger partial charge on any atom is -0.387 e. The molecule has 2 aromatic rings. The zero-order valence-electron chi connectivity index (χ0n) is 11.7. The van der Waals surface area contributed by atoms with Crippen molar-refractivity contribution in [1.82, 2.24) is 4.90 Å². The quantitative estimate of drug-likeness (QED) is 0.918. The summed E-state index contributed by atoms with van der Waals surface area (Å²) >= 11 is 1.78. The second-order valence-corrected chi connectivity index (χ2v) is 6.33. The number of aryl methyl sites for hydroxylation is 1. The molecule has 0 spiro atoms. The number of nitrogens with zero attached hydrogens (tertiary/aromatic N) is 2. The van der Waals surface area contributed by atoms with Crippen LogP contribution < -0.4 is 0 Å². The molecule has 0 amide bonds. The predicted molar refractivity (Wildman–Crippen MR) is 81.5 cm³/mol. The van der Waals surface area contributed by atoms with Gasteiger partial charge in [-0.25, -0.2) is 0 Å². The monoisotopic (exact) mass is 286 g/mol. The molecule has 4 heteroatoms. The first-order valence-corrected chi connectivity index (χ1v) is 7.32. The molecule has 1 aromatic heterocycles. The minimum atomic E-state index is -0.534. The molecule has 1 aromatic carbocycles. The molecular weight excluding hydrogens is 268 g/mol. The van der Waals surface area contributed by atoms with Crippen LogP contribution in [0.2, 0.25) is 0 Å². The Labute approximate surface area is 123 Å². The predicted octanol–water partition coefficient (Wildman–Crippen LogP) is 3.09. The average molecular weight is 286 g/mol. The molecule has 0 saturated heterocycles. The first kappa shape index (κ1) is 14.7. The van der Waals surface area contributed by atoms with E-state index in [2.05, 4.69) is 30.0 Å². The van der Waals surface area contributed by atoms with E-state index >= 15 is 0 Å². The number of likely N-dealkylation sites (N-methyl/N-ethyl adjacent to an activating group) is 1. The molecule has 0 fully saturated rings. The Hall–Kier alpha value is -1.67. The Morgan fingerprint density at radius 2 is 1.95 bits per heavy atom. The van der Waals surface area contributed by atoms with Crippen LogP contribution in [0.4, 0.5) is 0 Å². The van der Waals surface area contributed by atoms with E-state index in [0.29, 0.717) is 12.1 Å². The fourth-order valence-corrected chi connectivity index (χ4v) is 3.05. The van der Waals surface area contributed by atoms with E-state index in [9.17, 15) is 5.11 Å². The van der Waals surface area contributed by atoms with Crippen LogP contribution in [-0.4, -0.2) is 23.6 Å². The van der Waals surface area contributed by atoms with Gasteiger partial charge in [0.05, 0.1) is 17.7 Å². The molecule has 20 heavy (non-hydrogen) atoms. The van der Waals surface area contributed by atoms with E-state index in [1.54, 1.807) is 23.5 Å². The molecule has 1 unspecified atom stereocenters. The molecule has 1 atom stereocenters. The summed E-state index contributed by atoms with van der Waals surface area (Å²) < 4.78 is 0. The van der Waals surface area contributed by atoms with Crippen molar-refractivity contribution >= 4 is 11.3 Å². The molecule has 0 bridgehead atoms. The van der Waals surface area contributed by atoms with Gasteiger partial charge in [-0.15, -0.1) is 11.3 Å². The Morgan fingerprint density at radius 3 is 2.50 bits per heavy atom. The molecule has 2 rings (SSSR count). The second kappa shape index (κ2) is 6.67. The minimum absolute atomic E-state index is 0.534. The normalized spacial score (nSPS) is 12.3. The lowest BCUT2D eigenvalue weighted by Crippen LogP contribution is -2.23. The van der Waals surface area contributed by atoms with E-state index in [-0.39, 0.29) is 0 Å². The van der Waals surface area contributed by atoms with E-state index in [1.165, 1.54) is 9.75 Å². The fraction of sp³-hybridized carbons (Fsp3) is 0.312. The number of hydrogen-bond acceptors (Lipinski definition) is 4. The maximum absolute atomic E-state index is 10.2. The Kier molecular flexibility index (Phi) is 4.91. The summed E-state index contributed by atoms with van der Waals surface area (Å²) in [5, 5.41) is 19.0. The van der Waals surface area contributed by atoms with E-state index in [1.807, 2.05) is 19.2 Å². The number of thiophene rings is 1. The van der Waals surface area contributed by atoms with Crippen LogP contribution in [0.1, 0.15) is 27.0 Å². The van der Waals surface area contributed by atoms with Gasteiger partial charge in [-0.05, 0) is 43.8 Å². The van der Waals surface area contributed by atoms with Gasteiger partial charge in [0.25, 0.3) is 0 Å². The van der Waals surface area contributed by atoms with E-state index in [0.717, 1.165) is 12.1 Å². The number of hydrogen-bond donors (Lipinski definition) is 1. The van der Waals surface area contributed by atoms with Crippen LogP contribution in [-0.2, 0) is 6.54 Å². The highest BCUT2D eigenvalue weighted by molar-refractivity contribution is 7.11. The summed E-state index contributed by atoms with van der Waals surface area (Å²) in [4.78, 5) is 4.71. The summed E-state index contributed by atoms with van der Waals surface area (Å²) in [7, 11) is 2.00. The first-order valence-electron chi connectivity index (χ1n) is 6.50. The number of benzene rings is 1. The molecule has 0 aliphatic rings. The number of nitriles is 1. The molecule has 3 nitrogen and oxygen atoms in total. The van der Waals surface area contributed by atoms with Gasteiger partial charge in [0.1, 0.15) is 0 Å². The van der Waals surface area contributed by atoms with Gasteiger partial charge in [-0.3, -0.25) is 4.90 Å². The van der Waals surface area contributed by atoms with Gasteiger partial charge in [0, 0.05) is 22.8 Å². The van der Waals surface area contributed by atoms with Gasteiger partial charge in [0.2, 0.25) is 0 Å². The first-order chi connectivity index (χ1) is 9.58. The lowest BCUT2D eigenvalue weighted by molar-refractivity contribution is 0.124. The SMILES string of the molecule is Cc1ccc(CN(C)CC(O)c2ccc(C#N)cc2)s1. The Balaban J connectivity index is 1.92. The van der Waals surface area contributed by atoms with Crippen molar-refractivity contribution in [2.24, 2.45) is 0 Å². The van der Waals surface area contributed by atoms with Crippen molar-refractivity contribution in [3.63, 3.8) is 0 Å².